The van der Waals surface area contributed by atoms with Gasteiger partial charge in [-0.05, 0) is 34.9 Å². The Morgan fingerprint density at radius 3 is 2.34 bits per heavy atom. The summed E-state index contributed by atoms with van der Waals surface area (Å²) in [7, 11) is 1.62. The van der Waals surface area contributed by atoms with Gasteiger partial charge >= 0.3 is 0 Å². The minimum absolute atomic E-state index is 0.132. The van der Waals surface area contributed by atoms with Crippen molar-refractivity contribution in [2.75, 3.05) is 12.4 Å². The maximum absolute atomic E-state index is 13.3. The summed E-state index contributed by atoms with van der Waals surface area (Å²) in [5, 5.41) is 6.00. The van der Waals surface area contributed by atoms with Crippen molar-refractivity contribution in [2.45, 2.75) is 18.4 Å². The van der Waals surface area contributed by atoms with Crippen LogP contribution in [-0.4, -0.2) is 18.9 Å². The molecule has 146 valence electrons. The molecule has 1 aliphatic rings. The molecular weight excluding hydrogens is 364 g/mol. The zero-order valence-corrected chi connectivity index (χ0v) is 16.1. The number of amides is 2. The third-order valence-corrected chi connectivity index (χ3v) is 5.18. The van der Waals surface area contributed by atoms with Gasteiger partial charge < -0.3 is 15.4 Å². The van der Waals surface area contributed by atoms with E-state index >= 15 is 0 Å². The number of ether oxygens (including phenoxy) is 1. The van der Waals surface area contributed by atoms with Crippen LogP contribution in [0.25, 0.3) is 0 Å². The molecule has 3 aromatic carbocycles. The van der Waals surface area contributed by atoms with Crippen LogP contribution in [-0.2, 0) is 9.59 Å². The molecule has 2 unspecified atom stereocenters. The number of hydrogen-bond donors (Lipinski definition) is 2. The maximum Gasteiger partial charge on any atom is 0.228 e. The predicted octanol–water partition coefficient (Wildman–Crippen LogP) is 4.03. The van der Waals surface area contributed by atoms with Crippen molar-refractivity contribution < 1.29 is 14.3 Å². The predicted molar refractivity (Wildman–Crippen MR) is 112 cm³/mol. The number of anilines is 1. The van der Waals surface area contributed by atoms with Gasteiger partial charge in [0.2, 0.25) is 11.8 Å². The van der Waals surface area contributed by atoms with Gasteiger partial charge in [0.05, 0.1) is 19.1 Å². The molecule has 0 radical (unpaired) electrons. The molecule has 2 N–H and O–H groups in total. The molecule has 5 nitrogen and oxygen atoms in total. The van der Waals surface area contributed by atoms with Crippen LogP contribution in [0, 0.1) is 0 Å². The summed E-state index contributed by atoms with van der Waals surface area (Å²) in [6, 6.07) is 24.6. The van der Waals surface area contributed by atoms with Gasteiger partial charge in [-0.3, -0.25) is 9.59 Å². The SMILES string of the molecule is COc1ccc(C(NC(=O)C2CC(=O)Nc3ccccc32)c2ccccc2)cc1. The van der Waals surface area contributed by atoms with E-state index in [1.807, 2.05) is 78.9 Å². The standard InChI is InChI=1S/C24H22N2O3/c1-29-18-13-11-17(12-14-18)23(16-7-3-2-4-8-16)26-24(28)20-15-22(27)25-21-10-6-5-9-19(20)21/h2-14,20,23H,15H2,1H3,(H,25,27)(H,26,28). The average molecular weight is 386 g/mol. The first-order chi connectivity index (χ1) is 14.2. The molecule has 3 aromatic rings. The quantitative estimate of drug-likeness (QED) is 0.696. The smallest absolute Gasteiger partial charge is 0.228 e. The molecule has 0 aromatic heterocycles. The molecule has 4 rings (SSSR count). The Morgan fingerprint density at radius 2 is 1.62 bits per heavy atom. The number of rotatable bonds is 5. The number of methoxy groups -OCH3 is 1. The van der Waals surface area contributed by atoms with E-state index in [2.05, 4.69) is 10.6 Å². The first-order valence-electron chi connectivity index (χ1n) is 9.54. The minimum atomic E-state index is -0.524. The van der Waals surface area contributed by atoms with E-state index in [4.69, 9.17) is 4.74 Å². The first kappa shape index (κ1) is 18.7. The number of para-hydroxylation sites is 1. The summed E-state index contributed by atoms with van der Waals surface area (Å²) in [5.74, 6) is -0.0873. The monoisotopic (exact) mass is 386 g/mol. The van der Waals surface area contributed by atoms with Gasteiger partial charge in [0, 0.05) is 12.1 Å². The van der Waals surface area contributed by atoms with Crippen molar-refractivity contribution in [3.8, 4) is 5.75 Å². The van der Waals surface area contributed by atoms with Crippen molar-refractivity contribution in [1.82, 2.24) is 5.32 Å². The molecule has 0 bridgehead atoms. The highest BCUT2D eigenvalue weighted by Crippen LogP contribution is 2.33. The minimum Gasteiger partial charge on any atom is -0.497 e. The summed E-state index contributed by atoms with van der Waals surface area (Å²) in [6.45, 7) is 0. The lowest BCUT2D eigenvalue weighted by Crippen LogP contribution is -2.37. The Kier molecular flexibility index (Phi) is 5.29. The van der Waals surface area contributed by atoms with Crippen molar-refractivity contribution in [1.29, 1.82) is 0 Å². The van der Waals surface area contributed by atoms with E-state index in [-0.39, 0.29) is 24.3 Å². The third-order valence-electron chi connectivity index (χ3n) is 5.18. The highest BCUT2D eigenvalue weighted by Gasteiger charge is 2.32. The van der Waals surface area contributed by atoms with Crippen LogP contribution in [0.3, 0.4) is 0 Å². The molecule has 1 aliphatic heterocycles. The first-order valence-corrected chi connectivity index (χ1v) is 9.54. The third kappa shape index (κ3) is 3.99. The van der Waals surface area contributed by atoms with Crippen LogP contribution in [0.4, 0.5) is 5.69 Å². The number of nitrogens with one attached hydrogen (secondary N) is 2. The largest absolute Gasteiger partial charge is 0.497 e. The Bertz CT molecular complexity index is 1020. The van der Waals surface area contributed by atoms with Crippen LogP contribution in [0.15, 0.2) is 78.9 Å². The van der Waals surface area contributed by atoms with E-state index in [0.717, 1.165) is 22.4 Å². The van der Waals surface area contributed by atoms with Gasteiger partial charge in [-0.15, -0.1) is 0 Å². The van der Waals surface area contributed by atoms with Gasteiger partial charge in [-0.2, -0.15) is 0 Å². The molecule has 0 fully saturated rings. The molecule has 5 heteroatoms. The molecule has 1 heterocycles. The molecule has 0 saturated carbocycles. The molecule has 0 spiro atoms. The fourth-order valence-electron chi connectivity index (χ4n) is 3.69. The van der Waals surface area contributed by atoms with E-state index in [1.54, 1.807) is 7.11 Å². The fraction of sp³-hybridized carbons (Fsp3) is 0.167. The Labute approximate surface area is 169 Å². The summed E-state index contributed by atoms with van der Waals surface area (Å²) in [4.78, 5) is 25.4. The van der Waals surface area contributed by atoms with E-state index in [0.29, 0.717) is 5.69 Å². The van der Waals surface area contributed by atoms with Crippen LogP contribution >= 0.6 is 0 Å². The number of fused-ring (bicyclic) bond motifs is 1. The zero-order valence-electron chi connectivity index (χ0n) is 16.1. The summed E-state index contributed by atoms with van der Waals surface area (Å²) in [6.07, 6.45) is 0.132. The van der Waals surface area contributed by atoms with Gasteiger partial charge in [-0.25, -0.2) is 0 Å². The molecule has 2 atom stereocenters. The molecule has 0 saturated heterocycles. The second kappa shape index (κ2) is 8.19. The van der Waals surface area contributed by atoms with Crippen molar-refractivity contribution in [2.24, 2.45) is 0 Å². The van der Waals surface area contributed by atoms with Crippen molar-refractivity contribution >= 4 is 17.5 Å². The second-order valence-corrected chi connectivity index (χ2v) is 7.02. The van der Waals surface area contributed by atoms with Crippen LogP contribution in [0.5, 0.6) is 5.75 Å². The zero-order chi connectivity index (χ0) is 20.2. The van der Waals surface area contributed by atoms with Gasteiger partial charge in [0.1, 0.15) is 5.75 Å². The lowest BCUT2D eigenvalue weighted by atomic mass is 9.89. The fourth-order valence-corrected chi connectivity index (χ4v) is 3.69. The Morgan fingerprint density at radius 1 is 0.966 bits per heavy atom. The van der Waals surface area contributed by atoms with E-state index in [9.17, 15) is 9.59 Å². The van der Waals surface area contributed by atoms with Crippen LogP contribution < -0.4 is 15.4 Å². The molecule has 29 heavy (non-hydrogen) atoms. The maximum atomic E-state index is 13.3. The Hall–Kier alpha value is -3.60. The van der Waals surface area contributed by atoms with Gasteiger partial charge in [0.15, 0.2) is 0 Å². The van der Waals surface area contributed by atoms with E-state index in [1.165, 1.54) is 0 Å². The normalized spacial score (nSPS) is 16.3. The molecular formula is C24H22N2O3. The van der Waals surface area contributed by atoms with Gasteiger partial charge in [0.25, 0.3) is 0 Å². The van der Waals surface area contributed by atoms with Crippen LogP contribution in [0.1, 0.15) is 35.1 Å². The lowest BCUT2D eigenvalue weighted by Gasteiger charge is -2.27. The topological polar surface area (TPSA) is 67.4 Å². The summed E-state index contributed by atoms with van der Waals surface area (Å²) < 4.78 is 5.25. The summed E-state index contributed by atoms with van der Waals surface area (Å²) in [5.41, 5.74) is 3.45. The average Bonchev–Trinajstić information content (AvgIpc) is 2.77. The van der Waals surface area contributed by atoms with Crippen molar-refractivity contribution in [3.05, 3.63) is 95.6 Å². The second-order valence-electron chi connectivity index (χ2n) is 7.02. The summed E-state index contributed by atoms with van der Waals surface area (Å²) >= 11 is 0. The molecule has 0 aliphatic carbocycles. The van der Waals surface area contributed by atoms with Gasteiger partial charge in [-0.1, -0.05) is 60.7 Å². The van der Waals surface area contributed by atoms with Crippen molar-refractivity contribution in [3.63, 3.8) is 0 Å². The number of carbonyl (C=O) groups is 2. The Balaban J connectivity index is 1.66. The van der Waals surface area contributed by atoms with E-state index < -0.39 is 5.92 Å². The highest BCUT2D eigenvalue weighted by atomic mass is 16.5. The van der Waals surface area contributed by atoms with Crippen LogP contribution in [0.2, 0.25) is 0 Å². The highest BCUT2D eigenvalue weighted by molar-refractivity contribution is 6.01. The molecule has 2 amide bonds. The lowest BCUT2D eigenvalue weighted by molar-refractivity contribution is -0.126. The number of hydrogen-bond acceptors (Lipinski definition) is 3. The number of benzene rings is 3. The number of carbonyl (C=O) groups excluding carboxylic acids is 2.